The summed E-state index contributed by atoms with van der Waals surface area (Å²) in [5.74, 6) is -1.18. The molecule has 0 radical (unpaired) electrons. The lowest BCUT2D eigenvalue weighted by Crippen LogP contribution is -2.46. The van der Waals surface area contributed by atoms with Gasteiger partial charge < -0.3 is 15.7 Å². The van der Waals surface area contributed by atoms with Crippen LogP contribution in [0, 0.1) is 5.92 Å². The summed E-state index contributed by atoms with van der Waals surface area (Å²) < 4.78 is 0. The van der Waals surface area contributed by atoms with E-state index in [9.17, 15) is 9.59 Å². The van der Waals surface area contributed by atoms with Crippen molar-refractivity contribution in [1.82, 2.24) is 15.5 Å². The third kappa shape index (κ3) is 3.78. The number of aromatic nitrogens is 2. The van der Waals surface area contributed by atoms with Gasteiger partial charge in [0.2, 0.25) is 0 Å². The maximum atomic E-state index is 11.5. The number of carboxylic acid groups (broad SMARTS) is 1. The molecule has 2 unspecified atom stereocenters. The lowest BCUT2D eigenvalue weighted by molar-refractivity contribution is -0.140. The SMILES string of the molecule is CCC(C)C(NC(=O)Nc1cn[nH]c1)C(=O)O. The number of hydrogen-bond acceptors (Lipinski definition) is 3. The molecule has 1 aromatic heterocycles. The second kappa shape index (κ2) is 5.88. The molecule has 1 rings (SSSR count). The number of carbonyl (C=O) groups excluding carboxylic acids is 1. The van der Waals surface area contributed by atoms with E-state index in [0.717, 1.165) is 0 Å². The largest absolute Gasteiger partial charge is 0.480 e. The monoisotopic (exact) mass is 240 g/mol. The van der Waals surface area contributed by atoms with Crippen LogP contribution in [-0.4, -0.2) is 33.3 Å². The average Bonchev–Trinajstić information content (AvgIpc) is 2.77. The summed E-state index contributed by atoms with van der Waals surface area (Å²) in [6.07, 6.45) is 3.60. The molecule has 17 heavy (non-hydrogen) atoms. The highest BCUT2D eigenvalue weighted by Crippen LogP contribution is 2.08. The van der Waals surface area contributed by atoms with Gasteiger partial charge in [0.25, 0.3) is 0 Å². The fourth-order valence-electron chi connectivity index (χ4n) is 1.31. The maximum absolute atomic E-state index is 11.5. The molecule has 0 aliphatic heterocycles. The lowest BCUT2D eigenvalue weighted by Gasteiger charge is -2.19. The third-order valence-electron chi connectivity index (χ3n) is 2.52. The number of carboxylic acids is 1. The number of nitrogens with zero attached hydrogens (tertiary/aromatic N) is 1. The van der Waals surface area contributed by atoms with Crippen molar-refractivity contribution in [2.24, 2.45) is 5.92 Å². The Hall–Kier alpha value is -2.05. The molecule has 0 aliphatic carbocycles. The van der Waals surface area contributed by atoms with Crippen molar-refractivity contribution in [2.45, 2.75) is 26.3 Å². The minimum absolute atomic E-state index is 0.136. The van der Waals surface area contributed by atoms with Crippen molar-refractivity contribution in [3.63, 3.8) is 0 Å². The molecule has 2 atom stereocenters. The molecular weight excluding hydrogens is 224 g/mol. The van der Waals surface area contributed by atoms with E-state index in [0.29, 0.717) is 12.1 Å². The number of hydrogen-bond donors (Lipinski definition) is 4. The minimum Gasteiger partial charge on any atom is -0.480 e. The van der Waals surface area contributed by atoms with Crippen molar-refractivity contribution in [1.29, 1.82) is 0 Å². The first-order chi connectivity index (χ1) is 8.04. The molecule has 1 aromatic rings. The number of carbonyl (C=O) groups is 2. The normalized spacial score (nSPS) is 13.8. The van der Waals surface area contributed by atoms with E-state index >= 15 is 0 Å². The van der Waals surface area contributed by atoms with Crippen molar-refractivity contribution in [2.75, 3.05) is 5.32 Å². The molecule has 4 N–H and O–H groups in total. The Kier molecular flexibility index (Phi) is 4.50. The van der Waals surface area contributed by atoms with E-state index < -0.39 is 18.0 Å². The number of anilines is 1. The predicted octanol–water partition coefficient (Wildman–Crippen LogP) is 1.03. The van der Waals surface area contributed by atoms with E-state index in [1.54, 1.807) is 6.92 Å². The summed E-state index contributed by atoms with van der Waals surface area (Å²) in [7, 11) is 0. The summed E-state index contributed by atoms with van der Waals surface area (Å²) in [4.78, 5) is 22.5. The van der Waals surface area contributed by atoms with Gasteiger partial charge in [-0.3, -0.25) is 5.10 Å². The average molecular weight is 240 g/mol. The number of amides is 2. The highest BCUT2D eigenvalue weighted by molar-refractivity contribution is 5.92. The van der Waals surface area contributed by atoms with Gasteiger partial charge in [-0.1, -0.05) is 20.3 Å². The summed E-state index contributed by atoms with van der Waals surface area (Å²) in [6, 6.07) is -1.45. The van der Waals surface area contributed by atoms with Crippen LogP contribution in [0.1, 0.15) is 20.3 Å². The molecule has 0 spiro atoms. The molecule has 2 amide bonds. The molecular formula is C10H16N4O3. The van der Waals surface area contributed by atoms with Gasteiger partial charge in [-0.25, -0.2) is 9.59 Å². The Morgan fingerprint density at radius 1 is 1.59 bits per heavy atom. The van der Waals surface area contributed by atoms with Crippen molar-refractivity contribution >= 4 is 17.7 Å². The first kappa shape index (κ1) is 13.0. The quantitative estimate of drug-likeness (QED) is 0.616. The smallest absolute Gasteiger partial charge is 0.326 e. The molecule has 0 aliphatic rings. The van der Waals surface area contributed by atoms with E-state index in [1.165, 1.54) is 12.4 Å². The van der Waals surface area contributed by atoms with Crippen LogP contribution in [0.5, 0.6) is 0 Å². The van der Waals surface area contributed by atoms with E-state index in [2.05, 4.69) is 20.8 Å². The Morgan fingerprint density at radius 2 is 2.29 bits per heavy atom. The summed E-state index contributed by atoms with van der Waals surface area (Å²) in [5.41, 5.74) is 0.482. The Labute approximate surface area is 98.6 Å². The third-order valence-corrected chi connectivity index (χ3v) is 2.52. The number of urea groups is 1. The van der Waals surface area contributed by atoms with Gasteiger partial charge in [-0.2, -0.15) is 5.10 Å². The van der Waals surface area contributed by atoms with Gasteiger partial charge in [0, 0.05) is 6.20 Å². The zero-order chi connectivity index (χ0) is 12.8. The Balaban J connectivity index is 2.55. The van der Waals surface area contributed by atoms with Gasteiger partial charge in [-0.15, -0.1) is 0 Å². The van der Waals surface area contributed by atoms with Crippen LogP contribution in [-0.2, 0) is 4.79 Å². The maximum Gasteiger partial charge on any atom is 0.326 e. The van der Waals surface area contributed by atoms with Crippen LogP contribution in [0.4, 0.5) is 10.5 Å². The first-order valence-electron chi connectivity index (χ1n) is 5.33. The van der Waals surface area contributed by atoms with Crippen LogP contribution in [0.2, 0.25) is 0 Å². The zero-order valence-electron chi connectivity index (χ0n) is 9.73. The second-order valence-electron chi connectivity index (χ2n) is 3.79. The number of H-pyrrole nitrogens is 1. The van der Waals surface area contributed by atoms with E-state index in [4.69, 9.17) is 5.11 Å². The lowest BCUT2D eigenvalue weighted by atomic mass is 9.99. The van der Waals surface area contributed by atoms with Crippen LogP contribution in [0.25, 0.3) is 0 Å². The van der Waals surface area contributed by atoms with Crippen LogP contribution in [0.15, 0.2) is 12.4 Å². The van der Waals surface area contributed by atoms with Crippen molar-refractivity contribution < 1.29 is 14.7 Å². The number of aromatic amines is 1. The van der Waals surface area contributed by atoms with E-state index in [1.807, 2.05) is 6.92 Å². The molecule has 7 nitrogen and oxygen atoms in total. The van der Waals surface area contributed by atoms with Gasteiger partial charge in [0.1, 0.15) is 6.04 Å². The van der Waals surface area contributed by atoms with Crippen molar-refractivity contribution in [3.05, 3.63) is 12.4 Å². The number of rotatable bonds is 5. The summed E-state index contributed by atoms with van der Waals surface area (Å²) in [5, 5.41) is 20.1. The Bertz CT molecular complexity index is 377. The summed E-state index contributed by atoms with van der Waals surface area (Å²) in [6.45, 7) is 3.65. The van der Waals surface area contributed by atoms with Crippen LogP contribution >= 0.6 is 0 Å². The molecule has 0 aromatic carbocycles. The Morgan fingerprint density at radius 3 is 2.76 bits per heavy atom. The number of aliphatic carboxylic acids is 1. The molecule has 7 heteroatoms. The fraction of sp³-hybridized carbons (Fsp3) is 0.500. The molecule has 0 saturated carbocycles. The number of nitrogens with one attached hydrogen (secondary N) is 3. The highest BCUT2D eigenvalue weighted by Gasteiger charge is 2.25. The predicted molar refractivity (Wildman–Crippen MR) is 61.6 cm³/mol. The highest BCUT2D eigenvalue weighted by atomic mass is 16.4. The summed E-state index contributed by atoms with van der Waals surface area (Å²) >= 11 is 0. The first-order valence-corrected chi connectivity index (χ1v) is 5.33. The van der Waals surface area contributed by atoms with Crippen LogP contribution in [0.3, 0.4) is 0 Å². The van der Waals surface area contributed by atoms with Crippen molar-refractivity contribution in [3.8, 4) is 0 Å². The fourth-order valence-corrected chi connectivity index (χ4v) is 1.31. The van der Waals surface area contributed by atoms with E-state index in [-0.39, 0.29) is 5.92 Å². The molecule has 0 bridgehead atoms. The topological polar surface area (TPSA) is 107 Å². The molecule has 1 heterocycles. The molecule has 94 valence electrons. The standard InChI is InChI=1S/C10H16N4O3/c1-3-6(2)8(9(15)16)14-10(17)13-7-4-11-12-5-7/h4-6,8H,3H2,1-2H3,(H,11,12)(H,15,16)(H2,13,14,17). The second-order valence-corrected chi connectivity index (χ2v) is 3.79. The van der Waals surface area contributed by atoms with Gasteiger partial charge in [0.05, 0.1) is 11.9 Å². The van der Waals surface area contributed by atoms with Crippen LogP contribution < -0.4 is 10.6 Å². The zero-order valence-corrected chi connectivity index (χ0v) is 9.73. The minimum atomic E-state index is -1.04. The molecule has 0 fully saturated rings. The van der Waals surface area contributed by atoms with Gasteiger partial charge in [0.15, 0.2) is 0 Å². The van der Waals surface area contributed by atoms with Gasteiger partial charge in [-0.05, 0) is 5.92 Å². The van der Waals surface area contributed by atoms with Gasteiger partial charge >= 0.3 is 12.0 Å². The molecule has 0 saturated heterocycles.